The Kier molecular flexibility index (Phi) is 3.72. The molecule has 3 unspecified atom stereocenters. The molecule has 4 nitrogen and oxygen atoms in total. The zero-order valence-electron chi connectivity index (χ0n) is 9.20. The molecule has 0 radical (unpaired) electrons. The molecule has 0 aromatic rings. The van der Waals surface area contributed by atoms with Crippen LogP contribution in [0.15, 0.2) is 0 Å². The number of nitrogens with one attached hydrogen (secondary N) is 1. The van der Waals surface area contributed by atoms with Crippen LogP contribution in [-0.4, -0.2) is 43.8 Å². The maximum atomic E-state index is 11.8. The first-order valence-corrected chi connectivity index (χ1v) is 5.74. The number of morpholine rings is 1. The fourth-order valence-electron chi connectivity index (χ4n) is 2.21. The lowest BCUT2D eigenvalue weighted by Crippen LogP contribution is -2.48. The molecule has 2 aliphatic rings. The van der Waals surface area contributed by atoms with Crippen molar-refractivity contribution in [2.75, 3.05) is 19.8 Å². The summed E-state index contributed by atoms with van der Waals surface area (Å²) in [6.45, 7) is 4.19. The van der Waals surface area contributed by atoms with Gasteiger partial charge in [-0.25, -0.2) is 0 Å². The van der Waals surface area contributed by atoms with Gasteiger partial charge in [-0.3, -0.25) is 4.79 Å². The van der Waals surface area contributed by atoms with Gasteiger partial charge in [0.2, 0.25) is 0 Å². The van der Waals surface area contributed by atoms with E-state index in [-0.39, 0.29) is 17.9 Å². The first-order valence-electron chi connectivity index (χ1n) is 5.74. The van der Waals surface area contributed by atoms with Gasteiger partial charge in [0.1, 0.15) is 6.10 Å². The second kappa shape index (κ2) is 5.05. The maximum absolute atomic E-state index is 11.8. The van der Waals surface area contributed by atoms with Crippen LogP contribution >= 0.6 is 0 Å². The van der Waals surface area contributed by atoms with Gasteiger partial charge in [0.25, 0.3) is 0 Å². The number of hydrogen-bond donors (Lipinski definition) is 1. The van der Waals surface area contributed by atoms with Crippen LogP contribution in [0.3, 0.4) is 0 Å². The van der Waals surface area contributed by atoms with E-state index in [1.807, 2.05) is 0 Å². The fraction of sp³-hybridized carbons (Fsp3) is 0.909. The van der Waals surface area contributed by atoms with E-state index in [9.17, 15) is 4.79 Å². The number of Topliss-reactive ketones (excluding diaryl/α,β-unsaturated/α-hetero) is 1. The van der Waals surface area contributed by atoms with Crippen LogP contribution in [0.5, 0.6) is 0 Å². The topological polar surface area (TPSA) is 47.6 Å². The van der Waals surface area contributed by atoms with E-state index < -0.39 is 0 Å². The van der Waals surface area contributed by atoms with Gasteiger partial charge in [-0.05, 0) is 19.8 Å². The summed E-state index contributed by atoms with van der Waals surface area (Å²) < 4.78 is 10.8. The van der Waals surface area contributed by atoms with Gasteiger partial charge in [-0.1, -0.05) is 0 Å². The highest BCUT2D eigenvalue weighted by Gasteiger charge is 2.27. The molecule has 0 aromatic heterocycles. The molecule has 2 aliphatic heterocycles. The van der Waals surface area contributed by atoms with Crippen molar-refractivity contribution in [2.45, 2.75) is 44.4 Å². The molecule has 2 heterocycles. The molecule has 0 spiro atoms. The number of carbonyl (C=O) groups excluding carboxylic acids is 1. The molecule has 2 fully saturated rings. The Morgan fingerprint density at radius 3 is 3.00 bits per heavy atom. The van der Waals surface area contributed by atoms with Gasteiger partial charge in [-0.2, -0.15) is 0 Å². The van der Waals surface area contributed by atoms with Gasteiger partial charge < -0.3 is 14.8 Å². The Hall–Kier alpha value is -0.450. The van der Waals surface area contributed by atoms with Crippen LogP contribution in [0.25, 0.3) is 0 Å². The summed E-state index contributed by atoms with van der Waals surface area (Å²) in [6, 6.07) is 0.520. The van der Waals surface area contributed by atoms with E-state index >= 15 is 0 Å². The van der Waals surface area contributed by atoms with Crippen molar-refractivity contribution in [3.63, 3.8) is 0 Å². The minimum Gasteiger partial charge on any atom is -0.378 e. The number of hydrogen-bond acceptors (Lipinski definition) is 4. The Balaban J connectivity index is 1.77. The maximum Gasteiger partial charge on any atom is 0.163 e. The minimum atomic E-state index is -0.149. The zero-order chi connectivity index (χ0) is 10.7. The number of ketones is 1. The van der Waals surface area contributed by atoms with Crippen LogP contribution in [0, 0.1) is 0 Å². The lowest BCUT2D eigenvalue weighted by molar-refractivity contribution is -0.129. The SMILES string of the molecule is CC1COCC(CC(=O)C2CCCO2)N1. The molecule has 3 atom stereocenters. The van der Waals surface area contributed by atoms with E-state index in [1.54, 1.807) is 0 Å². The summed E-state index contributed by atoms with van der Waals surface area (Å²) in [4.78, 5) is 11.8. The van der Waals surface area contributed by atoms with Gasteiger partial charge in [0.15, 0.2) is 5.78 Å². The molecule has 1 N–H and O–H groups in total. The molecule has 4 heteroatoms. The zero-order valence-corrected chi connectivity index (χ0v) is 9.20. The number of carbonyl (C=O) groups is 1. The molecule has 86 valence electrons. The largest absolute Gasteiger partial charge is 0.378 e. The summed E-state index contributed by atoms with van der Waals surface area (Å²) >= 11 is 0. The first-order chi connectivity index (χ1) is 7.25. The summed E-state index contributed by atoms with van der Waals surface area (Å²) in [5.41, 5.74) is 0. The molecule has 0 saturated carbocycles. The summed E-state index contributed by atoms with van der Waals surface area (Å²) in [5, 5.41) is 3.37. The predicted molar refractivity (Wildman–Crippen MR) is 55.8 cm³/mol. The quantitative estimate of drug-likeness (QED) is 0.741. The van der Waals surface area contributed by atoms with E-state index in [2.05, 4.69) is 12.2 Å². The van der Waals surface area contributed by atoms with E-state index in [0.29, 0.717) is 19.1 Å². The van der Waals surface area contributed by atoms with Gasteiger partial charge in [0.05, 0.1) is 13.2 Å². The molecule has 2 rings (SSSR count). The second-order valence-electron chi connectivity index (χ2n) is 4.47. The van der Waals surface area contributed by atoms with E-state index in [0.717, 1.165) is 26.1 Å². The van der Waals surface area contributed by atoms with Crippen LogP contribution in [-0.2, 0) is 14.3 Å². The lowest BCUT2D eigenvalue weighted by atomic mass is 10.0. The first kappa shape index (κ1) is 11.0. The van der Waals surface area contributed by atoms with E-state index in [4.69, 9.17) is 9.47 Å². The average molecular weight is 213 g/mol. The second-order valence-corrected chi connectivity index (χ2v) is 4.47. The Labute approximate surface area is 90.3 Å². The van der Waals surface area contributed by atoms with Crippen LogP contribution in [0.1, 0.15) is 26.2 Å². The summed E-state index contributed by atoms with van der Waals surface area (Å²) in [6.07, 6.45) is 2.29. The standard InChI is InChI=1S/C11H19NO3/c1-8-6-14-7-9(12-8)5-10(13)11-3-2-4-15-11/h8-9,11-12H,2-7H2,1H3. The minimum absolute atomic E-state index is 0.149. The van der Waals surface area contributed by atoms with Crippen LogP contribution in [0.2, 0.25) is 0 Å². The van der Waals surface area contributed by atoms with Crippen molar-refractivity contribution in [2.24, 2.45) is 0 Å². The average Bonchev–Trinajstić information content (AvgIpc) is 2.70. The van der Waals surface area contributed by atoms with Gasteiger partial charge in [0, 0.05) is 25.1 Å². The van der Waals surface area contributed by atoms with Crippen molar-refractivity contribution in [1.82, 2.24) is 5.32 Å². The summed E-state index contributed by atoms with van der Waals surface area (Å²) in [5.74, 6) is 0.225. The third kappa shape index (κ3) is 3.00. The lowest BCUT2D eigenvalue weighted by Gasteiger charge is -2.29. The Morgan fingerprint density at radius 2 is 2.33 bits per heavy atom. The Morgan fingerprint density at radius 1 is 1.47 bits per heavy atom. The highest BCUT2D eigenvalue weighted by molar-refractivity contribution is 5.83. The van der Waals surface area contributed by atoms with Crippen LogP contribution < -0.4 is 5.32 Å². The van der Waals surface area contributed by atoms with Crippen molar-refractivity contribution in [3.05, 3.63) is 0 Å². The smallest absolute Gasteiger partial charge is 0.163 e. The number of rotatable bonds is 3. The summed E-state index contributed by atoms with van der Waals surface area (Å²) in [7, 11) is 0. The normalized spacial score (nSPS) is 36.7. The number of ether oxygens (including phenoxy) is 2. The molecular formula is C11H19NO3. The molecule has 0 bridgehead atoms. The van der Waals surface area contributed by atoms with Crippen LogP contribution in [0.4, 0.5) is 0 Å². The third-order valence-electron chi connectivity index (χ3n) is 2.94. The van der Waals surface area contributed by atoms with Crippen molar-refractivity contribution in [1.29, 1.82) is 0 Å². The van der Waals surface area contributed by atoms with Gasteiger partial charge in [-0.15, -0.1) is 0 Å². The fourth-order valence-corrected chi connectivity index (χ4v) is 2.21. The van der Waals surface area contributed by atoms with Crippen molar-refractivity contribution >= 4 is 5.78 Å². The molecule has 15 heavy (non-hydrogen) atoms. The monoisotopic (exact) mass is 213 g/mol. The molecule has 0 aliphatic carbocycles. The highest BCUT2D eigenvalue weighted by Crippen LogP contribution is 2.16. The van der Waals surface area contributed by atoms with E-state index in [1.165, 1.54) is 0 Å². The Bertz CT molecular complexity index is 226. The van der Waals surface area contributed by atoms with Crippen molar-refractivity contribution in [3.8, 4) is 0 Å². The molecular weight excluding hydrogens is 194 g/mol. The molecule has 0 amide bonds. The third-order valence-corrected chi connectivity index (χ3v) is 2.94. The predicted octanol–water partition coefficient (Wildman–Crippen LogP) is 0.501. The molecule has 0 aromatic carbocycles. The highest BCUT2D eigenvalue weighted by atomic mass is 16.5. The van der Waals surface area contributed by atoms with Gasteiger partial charge >= 0.3 is 0 Å². The van der Waals surface area contributed by atoms with Crippen molar-refractivity contribution < 1.29 is 14.3 Å². The molecule has 2 saturated heterocycles.